The Morgan fingerprint density at radius 3 is 3.23 bits per heavy atom. The van der Waals surface area contributed by atoms with Crippen molar-refractivity contribution in [1.82, 2.24) is 4.90 Å². The predicted molar refractivity (Wildman–Crippen MR) is 50.6 cm³/mol. The fourth-order valence-corrected chi connectivity index (χ4v) is 1.05. The average Bonchev–Trinajstić information content (AvgIpc) is 2.17. The lowest BCUT2D eigenvalue weighted by Gasteiger charge is -2.17. The molecule has 0 aromatic carbocycles. The number of hydrogen-bond donors (Lipinski definition) is 0. The first-order valence-corrected chi connectivity index (χ1v) is 4.46. The summed E-state index contributed by atoms with van der Waals surface area (Å²) in [4.78, 5) is 16.3. The van der Waals surface area contributed by atoms with E-state index in [9.17, 15) is 4.79 Å². The molecule has 0 saturated carbocycles. The topological polar surface area (TPSA) is 41.9 Å². The van der Waals surface area contributed by atoms with E-state index in [4.69, 9.17) is 0 Å². The number of hydrogen-bond acceptors (Lipinski definition) is 2. The molecule has 0 radical (unpaired) electrons. The molecule has 1 heterocycles. The lowest BCUT2D eigenvalue weighted by atomic mass is 10.2. The predicted octanol–water partition coefficient (Wildman–Crippen LogP) is 1.78. The molecule has 0 spiro atoms. The van der Waals surface area contributed by atoms with Crippen LogP contribution in [0.3, 0.4) is 0 Å². The van der Waals surface area contributed by atoms with Crippen LogP contribution in [0.15, 0.2) is 17.3 Å². The van der Waals surface area contributed by atoms with E-state index in [1.54, 1.807) is 6.92 Å². The van der Waals surface area contributed by atoms with Crippen molar-refractivity contribution in [3.63, 3.8) is 0 Å². The minimum atomic E-state index is -0.526. The van der Waals surface area contributed by atoms with Crippen molar-refractivity contribution in [1.29, 1.82) is 0 Å². The molecule has 0 aromatic heterocycles. The third-order valence-electron chi connectivity index (χ3n) is 1.66. The van der Waals surface area contributed by atoms with E-state index >= 15 is 0 Å². The van der Waals surface area contributed by atoms with Gasteiger partial charge in [-0.15, -0.1) is 0 Å². The van der Waals surface area contributed by atoms with Gasteiger partial charge in [0.15, 0.2) is 0 Å². The van der Waals surface area contributed by atoms with E-state index in [1.165, 1.54) is 6.34 Å². The van der Waals surface area contributed by atoms with Crippen LogP contribution >= 0.6 is 0 Å². The van der Waals surface area contributed by atoms with Crippen LogP contribution in [0.25, 0.3) is 0 Å². The smallest absolute Gasteiger partial charge is 0.434 e. The van der Waals surface area contributed by atoms with Crippen LogP contribution < -0.4 is 0 Å². The maximum Gasteiger partial charge on any atom is 0.434 e. The molecular formula is C9H14N2O2. The normalized spacial score (nSPS) is 16.5. The number of amides is 1. The van der Waals surface area contributed by atoms with Crippen LogP contribution in [-0.2, 0) is 4.74 Å². The molecule has 0 unspecified atom stereocenters. The Hall–Kier alpha value is -1.32. The summed E-state index contributed by atoms with van der Waals surface area (Å²) < 4.78 is 4.65. The van der Waals surface area contributed by atoms with Crippen molar-refractivity contribution in [2.24, 2.45) is 4.99 Å². The number of allylic oxidation sites excluding steroid dienone is 1. The molecule has 1 amide bonds. The molecule has 0 bridgehead atoms. The monoisotopic (exact) mass is 182 g/mol. The van der Waals surface area contributed by atoms with Crippen molar-refractivity contribution in [3.8, 4) is 0 Å². The third kappa shape index (κ3) is 3.73. The Balaban J connectivity index is 2.33. The molecule has 0 atom stereocenters. The summed E-state index contributed by atoms with van der Waals surface area (Å²) in [6.07, 6.45) is 7.16. The van der Waals surface area contributed by atoms with Crippen molar-refractivity contribution < 1.29 is 9.53 Å². The van der Waals surface area contributed by atoms with Gasteiger partial charge in [0.1, 0.15) is 6.34 Å². The van der Waals surface area contributed by atoms with Gasteiger partial charge in [0.2, 0.25) is 0 Å². The largest absolute Gasteiger partial charge is 0.448 e. The summed E-state index contributed by atoms with van der Waals surface area (Å²) in [5, 5.41) is 0. The van der Waals surface area contributed by atoms with Crippen molar-refractivity contribution >= 4 is 12.4 Å². The Bertz CT molecular complexity index is 224. The molecule has 72 valence electrons. The van der Waals surface area contributed by atoms with E-state index in [1.807, 2.05) is 11.1 Å². The fourth-order valence-electron chi connectivity index (χ4n) is 1.05. The summed E-state index contributed by atoms with van der Waals surface area (Å²) in [5.74, 6) is 0. The van der Waals surface area contributed by atoms with Crippen LogP contribution in [0.5, 0.6) is 0 Å². The maximum atomic E-state index is 10.8. The summed E-state index contributed by atoms with van der Waals surface area (Å²) in [5.41, 5.74) is 0. The average molecular weight is 182 g/mol. The van der Waals surface area contributed by atoms with Gasteiger partial charge in [0.05, 0.1) is 6.61 Å². The first-order chi connectivity index (χ1) is 6.33. The highest BCUT2D eigenvalue weighted by Gasteiger charge is 2.01. The molecule has 0 aliphatic carbocycles. The van der Waals surface area contributed by atoms with Gasteiger partial charge in [0, 0.05) is 12.7 Å². The van der Waals surface area contributed by atoms with Gasteiger partial charge in [-0.1, -0.05) is 6.08 Å². The molecule has 1 rings (SSSR count). The number of carbonyl (C=O) groups excluding carboxylic acids is 1. The number of nitrogens with zero attached hydrogens (tertiary/aromatic N) is 2. The van der Waals surface area contributed by atoms with Gasteiger partial charge in [-0.3, -0.25) is 0 Å². The van der Waals surface area contributed by atoms with E-state index < -0.39 is 6.09 Å². The minimum Gasteiger partial charge on any atom is -0.448 e. The van der Waals surface area contributed by atoms with Crippen molar-refractivity contribution in [3.05, 3.63) is 12.3 Å². The lowest BCUT2D eigenvalue weighted by molar-refractivity contribution is 0.163. The molecule has 0 N–H and O–H groups in total. The highest BCUT2D eigenvalue weighted by molar-refractivity contribution is 5.78. The van der Waals surface area contributed by atoms with Gasteiger partial charge < -0.3 is 9.64 Å². The number of ether oxygens (including phenoxy) is 1. The molecule has 0 saturated heterocycles. The molecule has 4 heteroatoms. The van der Waals surface area contributed by atoms with Crippen LogP contribution in [0.2, 0.25) is 0 Å². The summed E-state index contributed by atoms with van der Waals surface area (Å²) in [6.45, 7) is 3.04. The Morgan fingerprint density at radius 1 is 1.77 bits per heavy atom. The van der Waals surface area contributed by atoms with Gasteiger partial charge in [0.25, 0.3) is 0 Å². The van der Waals surface area contributed by atoms with Crippen molar-refractivity contribution in [2.75, 3.05) is 13.2 Å². The zero-order valence-electron chi connectivity index (χ0n) is 7.77. The second-order valence-corrected chi connectivity index (χ2v) is 2.71. The molecule has 1 aliphatic heterocycles. The Kier molecular flexibility index (Phi) is 4.02. The zero-order valence-corrected chi connectivity index (χ0v) is 7.77. The molecule has 0 fully saturated rings. The molecule has 13 heavy (non-hydrogen) atoms. The van der Waals surface area contributed by atoms with Crippen LogP contribution in [0.4, 0.5) is 4.79 Å². The van der Waals surface area contributed by atoms with Gasteiger partial charge in [-0.05, 0) is 19.8 Å². The quantitative estimate of drug-likeness (QED) is 0.483. The first kappa shape index (κ1) is 9.77. The highest BCUT2D eigenvalue weighted by atomic mass is 16.5. The first-order valence-electron chi connectivity index (χ1n) is 4.46. The Morgan fingerprint density at radius 2 is 2.62 bits per heavy atom. The second kappa shape index (κ2) is 5.35. The van der Waals surface area contributed by atoms with Crippen molar-refractivity contribution in [2.45, 2.75) is 19.8 Å². The SMILES string of the molecule is CCOC(=O)N=CN1C=CCCC1. The zero-order chi connectivity index (χ0) is 9.52. The van der Waals surface area contributed by atoms with Gasteiger partial charge in [-0.25, -0.2) is 4.79 Å². The van der Waals surface area contributed by atoms with Gasteiger partial charge >= 0.3 is 6.09 Å². The molecule has 4 nitrogen and oxygen atoms in total. The maximum absolute atomic E-state index is 10.8. The number of aliphatic imine (C=N–C) groups is 1. The third-order valence-corrected chi connectivity index (χ3v) is 1.66. The van der Waals surface area contributed by atoms with Crippen LogP contribution in [-0.4, -0.2) is 30.5 Å². The van der Waals surface area contributed by atoms with E-state index in [-0.39, 0.29) is 0 Å². The summed E-state index contributed by atoms with van der Waals surface area (Å²) in [6, 6.07) is 0. The molecule has 1 aliphatic rings. The minimum absolute atomic E-state index is 0.367. The number of carbonyl (C=O) groups is 1. The summed E-state index contributed by atoms with van der Waals surface area (Å²) >= 11 is 0. The lowest BCUT2D eigenvalue weighted by Crippen LogP contribution is -2.19. The van der Waals surface area contributed by atoms with E-state index in [2.05, 4.69) is 15.8 Å². The van der Waals surface area contributed by atoms with Crippen LogP contribution in [0.1, 0.15) is 19.8 Å². The molecule has 0 aromatic rings. The van der Waals surface area contributed by atoms with Gasteiger partial charge in [-0.2, -0.15) is 4.99 Å². The van der Waals surface area contributed by atoms with E-state index in [0.29, 0.717) is 6.61 Å². The standard InChI is InChI=1S/C9H14N2O2/c1-2-13-9(12)10-8-11-6-4-3-5-7-11/h4,6,8H,2-3,5,7H2,1H3. The van der Waals surface area contributed by atoms with Crippen LogP contribution in [0, 0.1) is 0 Å². The molecular weight excluding hydrogens is 168 g/mol. The number of rotatable bonds is 2. The van der Waals surface area contributed by atoms with E-state index in [0.717, 1.165) is 19.4 Å². The summed E-state index contributed by atoms with van der Waals surface area (Å²) in [7, 11) is 0. The highest BCUT2D eigenvalue weighted by Crippen LogP contribution is 2.02. The fraction of sp³-hybridized carbons (Fsp3) is 0.556. The Labute approximate surface area is 77.9 Å². The second-order valence-electron chi connectivity index (χ2n) is 2.71.